The van der Waals surface area contributed by atoms with E-state index < -0.39 is 0 Å². The van der Waals surface area contributed by atoms with Crippen LogP contribution in [0.4, 0.5) is 0 Å². The molecule has 0 radical (unpaired) electrons. The Hall–Kier alpha value is -4.60. The Morgan fingerprint density at radius 1 is 0.812 bits per heavy atom. The maximum Gasteiger partial charge on any atom is 0.253 e. The number of ether oxygens (including phenoxy) is 4. The molecule has 0 N–H and O–H groups in total. The summed E-state index contributed by atoms with van der Waals surface area (Å²) in [5, 5.41) is 13.2. The van der Waals surface area contributed by atoms with Crippen LogP contribution in [0.1, 0.15) is 94.1 Å². The van der Waals surface area contributed by atoms with Crippen molar-refractivity contribution in [2.45, 2.75) is 78.2 Å². The number of benzene rings is 3. The third kappa shape index (κ3) is 7.91. The Morgan fingerprint density at radius 2 is 1.46 bits per heavy atom. The second-order valence-corrected chi connectivity index (χ2v) is 12.6. The fourth-order valence-corrected chi connectivity index (χ4v) is 5.98. The van der Waals surface area contributed by atoms with Gasteiger partial charge in [-0.3, -0.25) is 4.79 Å². The fourth-order valence-electron chi connectivity index (χ4n) is 5.98. The molecule has 1 aliphatic rings. The lowest BCUT2D eigenvalue weighted by Crippen LogP contribution is -2.39. The maximum atomic E-state index is 13.3. The number of methoxy groups -OCH3 is 2. The maximum absolute atomic E-state index is 13.3. The highest BCUT2D eigenvalue weighted by Gasteiger charge is 2.29. The van der Waals surface area contributed by atoms with Crippen molar-refractivity contribution in [1.82, 2.24) is 25.1 Å². The molecule has 10 nitrogen and oxygen atoms in total. The van der Waals surface area contributed by atoms with Gasteiger partial charge in [-0.05, 0) is 90.1 Å². The molecular formula is C38H49N5O5. The summed E-state index contributed by atoms with van der Waals surface area (Å²) in [5.74, 6) is 3.89. The van der Waals surface area contributed by atoms with Gasteiger partial charge in [0, 0.05) is 35.8 Å². The largest absolute Gasteiger partial charge is 0.497 e. The highest BCUT2D eigenvalue weighted by atomic mass is 16.5. The van der Waals surface area contributed by atoms with E-state index in [9.17, 15) is 4.79 Å². The van der Waals surface area contributed by atoms with Gasteiger partial charge in [0.2, 0.25) is 0 Å². The zero-order chi connectivity index (χ0) is 34.0. The van der Waals surface area contributed by atoms with Crippen molar-refractivity contribution >= 4 is 5.91 Å². The molecule has 48 heavy (non-hydrogen) atoms. The Bertz CT molecular complexity index is 1640. The molecule has 1 fully saturated rings. The molecule has 0 aliphatic carbocycles. The van der Waals surface area contributed by atoms with Gasteiger partial charge in [0.25, 0.3) is 5.91 Å². The van der Waals surface area contributed by atoms with E-state index in [1.165, 1.54) is 5.56 Å². The number of rotatable bonds is 15. The van der Waals surface area contributed by atoms with Crippen LogP contribution in [-0.2, 0) is 0 Å². The van der Waals surface area contributed by atoms with Crippen LogP contribution in [0.5, 0.6) is 23.0 Å². The zero-order valence-corrected chi connectivity index (χ0v) is 29.2. The monoisotopic (exact) mass is 655 g/mol. The minimum Gasteiger partial charge on any atom is -0.497 e. The van der Waals surface area contributed by atoms with Crippen LogP contribution < -0.4 is 18.9 Å². The predicted molar refractivity (Wildman–Crippen MR) is 187 cm³/mol. The summed E-state index contributed by atoms with van der Waals surface area (Å²) in [6, 6.07) is 17.7. The third-order valence-electron chi connectivity index (χ3n) is 8.94. The topological polar surface area (TPSA) is 101 Å². The highest BCUT2D eigenvalue weighted by Crippen LogP contribution is 2.45. The molecular weight excluding hydrogens is 606 g/mol. The molecule has 5 rings (SSSR count). The summed E-state index contributed by atoms with van der Waals surface area (Å²) in [6.45, 7) is 11.0. The third-order valence-corrected chi connectivity index (χ3v) is 8.94. The molecule has 4 aromatic rings. The van der Waals surface area contributed by atoms with Crippen LogP contribution >= 0.6 is 0 Å². The van der Waals surface area contributed by atoms with Gasteiger partial charge in [-0.1, -0.05) is 46.6 Å². The van der Waals surface area contributed by atoms with E-state index in [-0.39, 0.29) is 11.9 Å². The van der Waals surface area contributed by atoms with Gasteiger partial charge in [-0.25, -0.2) is 4.68 Å². The molecule has 1 amide bonds. The average Bonchev–Trinajstić information content (AvgIpc) is 3.61. The number of aromatic nitrogens is 4. The van der Waals surface area contributed by atoms with E-state index in [0.717, 1.165) is 72.5 Å². The summed E-state index contributed by atoms with van der Waals surface area (Å²) in [5.41, 5.74) is 4.49. The number of carbonyl (C=O) groups excluding carboxylic acids is 1. The number of nitrogens with zero attached hydrogens (tertiary/aromatic N) is 5. The first-order chi connectivity index (χ1) is 23.4. The van der Waals surface area contributed by atoms with Gasteiger partial charge in [-0.15, -0.1) is 5.10 Å². The van der Waals surface area contributed by atoms with Crippen LogP contribution in [0, 0.1) is 0 Å². The van der Waals surface area contributed by atoms with E-state index in [2.05, 4.69) is 61.4 Å². The van der Waals surface area contributed by atoms with Crippen molar-refractivity contribution in [2.24, 2.45) is 0 Å². The number of piperidine rings is 1. The van der Waals surface area contributed by atoms with Gasteiger partial charge >= 0.3 is 0 Å². The van der Waals surface area contributed by atoms with Crippen molar-refractivity contribution in [3.8, 4) is 45.5 Å². The lowest BCUT2D eigenvalue weighted by molar-refractivity contribution is 0.0690. The standard InChI is InChI=1S/C38H49N5O5/c1-7-9-21-47-35-25-36(48-22-10-8-2)33(24-32(35)31-23-28(26(3)4)13-16-34(31)46-6)37-39-40-41-43(37)29-17-19-42(20-18-29)38(44)27-11-14-30(45-5)15-12-27/h11-16,23-26,29H,7-10,17-22H2,1-6H3. The first-order valence-corrected chi connectivity index (χ1v) is 17.2. The fraction of sp³-hybridized carbons (Fsp3) is 0.474. The van der Waals surface area contributed by atoms with Crippen LogP contribution in [0.15, 0.2) is 54.6 Å². The predicted octanol–water partition coefficient (Wildman–Crippen LogP) is 7.98. The van der Waals surface area contributed by atoms with E-state index in [1.807, 2.05) is 46.0 Å². The number of hydrogen-bond donors (Lipinski definition) is 0. The Kier molecular flexibility index (Phi) is 11.9. The SMILES string of the molecule is CCCCOc1cc(OCCCC)c(-c2nnnn2C2CCN(C(=O)c3ccc(OC)cc3)CC2)cc1-c1cc(C(C)C)ccc1OC. The summed E-state index contributed by atoms with van der Waals surface area (Å²) < 4.78 is 25.9. The van der Waals surface area contributed by atoms with Crippen LogP contribution in [-0.4, -0.2) is 71.5 Å². The van der Waals surface area contributed by atoms with Gasteiger partial charge in [0.1, 0.15) is 23.0 Å². The summed E-state index contributed by atoms with van der Waals surface area (Å²) >= 11 is 0. The van der Waals surface area contributed by atoms with E-state index >= 15 is 0 Å². The number of carbonyl (C=O) groups is 1. The first-order valence-electron chi connectivity index (χ1n) is 17.2. The number of amides is 1. The molecule has 0 unspecified atom stereocenters. The minimum absolute atomic E-state index is 0.0144. The van der Waals surface area contributed by atoms with Crippen LogP contribution in [0.2, 0.25) is 0 Å². The lowest BCUT2D eigenvalue weighted by Gasteiger charge is -2.32. The molecule has 1 aromatic heterocycles. The van der Waals surface area contributed by atoms with E-state index in [1.54, 1.807) is 14.2 Å². The van der Waals surface area contributed by atoms with Crippen molar-refractivity contribution in [2.75, 3.05) is 40.5 Å². The quantitative estimate of drug-likeness (QED) is 0.119. The normalized spacial score (nSPS) is 13.5. The molecule has 0 spiro atoms. The van der Waals surface area contributed by atoms with Gasteiger partial charge < -0.3 is 23.8 Å². The van der Waals surface area contributed by atoms with E-state index in [4.69, 9.17) is 18.9 Å². The van der Waals surface area contributed by atoms with Crippen molar-refractivity contribution in [1.29, 1.82) is 0 Å². The molecule has 3 aromatic carbocycles. The number of tetrazole rings is 1. The van der Waals surface area contributed by atoms with Gasteiger partial charge in [0.15, 0.2) is 5.82 Å². The molecule has 1 saturated heterocycles. The minimum atomic E-state index is 0.0144. The lowest BCUT2D eigenvalue weighted by atomic mass is 9.94. The smallest absolute Gasteiger partial charge is 0.253 e. The molecule has 1 aliphatic heterocycles. The molecule has 256 valence electrons. The summed E-state index contributed by atoms with van der Waals surface area (Å²) in [6.07, 6.45) is 5.34. The average molecular weight is 656 g/mol. The second-order valence-electron chi connectivity index (χ2n) is 12.6. The molecule has 0 atom stereocenters. The van der Waals surface area contributed by atoms with Crippen molar-refractivity contribution < 1.29 is 23.7 Å². The van der Waals surface area contributed by atoms with Gasteiger partial charge in [0.05, 0.1) is 39.0 Å². The summed E-state index contributed by atoms with van der Waals surface area (Å²) in [4.78, 5) is 15.2. The number of likely N-dealkylation sites (tertiary alicyclic amines) is 1. The Balaban J connectivity index is 1.51. The number of unbranched alkanes of at least 4 members (excludes halogenated alkanes) is 2. The summed E-state index contributed by atoms with van der Waals surface area (Å²) in [7, 11) is 3.31. The molecule has 10 heteroatoms. The second kappa shape index (κ2) is 16.5. The molecule has 0 saturated carbocycles. The van der Waals surface area contributed by atoms with Crippen LogP contribution in [0.3, 0.4) is 0 Å². The van der Waals surface area contributed by atoms with E-state index in [0.29, 0.717) is 49.4 Å². The molecule has 0 bridgehead atoms. The molecule has 2 heterocycles. The highest BCUT2D eigenvalue weighted by molar-refractivity contribution is 5.94. The number of hydrogen-bond acceptors (Lipinski definition) is 8. The zero-order valence-electron chi connectivity index (χ0n) is 29.2. The first kappa shape index (κ1) is 34.7. The van der Waals surface area contributed by atoms with Crippen molar-refractivity contribution in [3.05, 3.63) is 65.7 Å². The van der Waals surface area contributed by atoms with Crippen LogP contribution in [0.25, 0.3) is 22.5 Å². The Labute approximate surface area is 284 Å². The van der Waals surface area contributed by atoms with Gasteiger partial charge in [-0.2, -0.15) is 0 Å². The van der Waals surface area contributed by atoms with Crippen molar-refractivity contribution in [3.63, 3.8) is 0 Å². The Morgan fingerprint density at radius 3 is 2.06 bits per heavy atom.